The monoisotopic (exact) mass is 283 g/mol. The lowest BCUT2D eigenvalue weighted by Crippen LogP contribution is -2.27. The molecule has 2 unspecified atom stereocenters. The van der Waals surface area contributed by atoms with Crippen molar-refractivity contribution in [3.63, 3.8) is 0 Å². The van der Waals surface area contributed by atoms with Crippen LogP contribution in [-0.2, 0) is 15.5 Å². The molecule has 0 aliphatic carbocycles. The van der Waals surface area contributed by atoms with Crippen molar-refractivity contribution in [1.82, 2.24) is 5.32 Å². The average molecular weight is 283 g/mol. The van der Waals surface area contributed by atoms with E-state index in [0.29, 0.717) is 18.1 Å². The van der Waals surface area contributed by atoms with Gasteiger partial charge in [-0.15, -0.1) is 0 Å². The van der Waals surface area contributed by atoms with Gasteiger partial charge in [-0.2, -0.15) is 0 Å². The molecule has 1 aromatic rings. The highest BCUT2D eigenvalue weighted by molar-refractivity contribution is 7.85. The molecule has 2 atom stereocenters. The van der Waals surface area contributed by atoms with Gasteiger partial charge in [0, 0.05) is 42.1 Å². The van der Waals surface area contributed by atoms with E-state index in [-0.39, 0.29) is 6.04 Å². The third-order valence-corrected chi connectivity index (χ3v) is 4.45. The fraction of sp³-hybridized carbons (Fsp3) is 0.600. The summed E-state index contributed by atoms with van der Waals surface area (Å²) in [4.78, 5) is 0. The van der Waals surface area contributed by atoms with Crippen LogP contribution in [0.1, 0.15) is 30.5 Å². The number of nitrogens with one attached hydrogen (secondary N) is 1. The standard InChI is InChI=1S/C15H25NO2S/c1-4-16-15(12-19(17)11-5-10-18-3)14-8-6-13(2)7-9-14/h6-9,15-16H,4-5,10-12H2,1-3H3. The van der Waals surface area contributed by atoms with Gasteiger partial charge >= 0.3 is 0 Å². The second kappa shape index (κ2) is 9.23. The Morgan fingerprint density at radius 3 is 2.58 bits per heavy atom. The summed E-state index contributed by atoms with van der Waals surface area (Å²) in [6, 6.07) is 8.62. The molecule has 1 rings (SSSR count). The third kappa shape index (κ3) is 6.32. The number of benzene rings is 1. The van der Waals surface area contributed by atoms with Gasteiger partial charge in [-0.3, -0.25) is 4.21 Å². The van der Waals surface area contributed by atoms with Gasteiger partial charge in [0.25, 0.3) is 0 Å². The predicted octanol–water partition coefficient (Wildman–Crippen LogP) is 2.43. The minimum atomic E-state index is -0.801. The van der Waals surface area contributed by atoms with Crippen LogP contribution in [0.25, 0.3) is 0 Å². The Morgan fingerprint density at radius 2 is 2.00 bits per heavy atom. The molecule has 1 N–H and O–H groups in total. The molecule has 3 nitrogen and oxygen atoms in total. The Morgan fingerprint density at radius 1 is 1.32 bits per heavy atom. The maximum Gasteiger partial charge on any atom is 0.0471 e. The van der Waals surface area contributed by atoms with E-state index in [9.17, 15) is 4.21 Å². The van der Waals surface area contributed by atoms with Crippen molar-refractivity contribution in [3.05, 3.63) is 35.4 Å². The smallest absolute Gasteiger partial charge is 0.0471 e. The van der Waals surface area contributed by atoms with Gasteiger partial charge in [-0.1, -0.05) is 36.8 Å². The van der Waals surface area contributed by atoms with Gasteiger partial charge < -0.3 is 10.1 Å². The second-order valence-corrected chi connectivity index (χ2v) is 6.30. The summed E-state index contributed by atoms with van der Waals surface area (Å²) in [6.45, 7) is 5.72. The molecule has 4 heteroatoms. The van der Waals surface area contributed by atoms with Crippen molar-refractivity contribution in [3.8, 4) is 0 Å². The predicted molar refractivity (Wildman–Crippen MR) is 82.0 cm³/mol. The van der Waals surface area contributed by atoms with E-state index in [1.54, 1.807) is 7.11 Å². The summed E-state index contributed by atoms with van der Waals surface area (Å²) < 4.78 is 17.1. The molecule has 19 heavy (non-hydrogen) atoms. The Hall–Kier alpha value is -0.710. The molecule has 0 saturated carbocycles. The van der Waals surface area contributed by atoms with Gasteiger partial charge in [0.2, 0.25) is 0 Å². The summed E-state index contributed by atoms with van der Waals surface area (Å²) in [6.07, 6.45) is 0.857. The highest BCUT2D eigenvalue weighted by Crippen LogP contribution is 2.15. The minimum Gasteiger partial charge on any atom is -0.385 e. The van der Waals surface area contributed by atoms with Crippen LogP contribution in [0, 0.1) is 6.92 Å². The highest BCUT2D eigenvalue weighted by atomic mass is 32.2. The van der Waals surface area contributed by atoms with E-state index in [4.69, 9.17) is 4.74 Å². The van der Waals surface area contributed by atoms with E-state index in [0.717, 1.165) is 13.0 Å². The first kappa shape index (κ1) is 16.3. The van der Waals surface area contributed by atoms with Crippen molar-refractivity contribution >= 4 is 10.8 Å². The summed E-state index contributed by atoms with van der Waals surface area (Å²) >= 11 is 0. The maximum atomic E-state index is 12.1. The van der Waals surface area contributed by atoms with Crippen molar-refractivity contribution in [1.29, 1.82) is 0 Å². The van der Waals surface area contributed by atoms with Crippen LogP contribution >= 0.6 is 0 Å². The molecule has 0 heterocycles. The Kier molecular flexibility index (Phi) is 7.94. The van der Waals surface area contributed by atoms with E-state index < -0.39 is 10.8 Å². The van der Waals surface area contributed by atoms with E-state index in [1.807, 2.05) is 0 Å². The Labute approximate surface area is 119 Å². The van der Waals surface area contributed by atoms with E-state index in [1.165, 1.54) is 11.1 Å². The maximum absolute atomic E-state index is 12.1. The summed E-state index contributed by atoms with van der Waals surface area (Å²) in [7, 11) is 0.876. The zero-order valence-electron chi connectivity index (χ0n) is 12.1. The van der Waals surface area contributed by atoms with Crippen LogP contribution in [0.5, 0.6) is 0 Å². The lowest BCUT2D eigenvalue weighted by atomic mass is 10.1. The summed E-state index contributed by atoms with van der Waals surface area (Å²) in [5.74, 6) is 1.38. The number of aryl methyl sites for hydroxylation is 1. The molecule has 0 aliphatic heterocycles. The van der Waals surface area contributed by atoms with Crippen LogP contribution in [-0.4, -0.2) is 36.0 Å². The molecule has 0 aliphatic rings. The molecule has 1 aromatic carbocycles. The van der Waals surface area contributed by atoms with Gasteiger partial charge in [0.1, 0.15) is 0 Å². The van der Waals surface area contributed by atoms with Crippen molar-refractivity contribution in [2.45, 2.75) is 26.3 Å². The fourth-order valence-electron chi connectivity index (χ4n) is 1.95. The SMILES string of the molecule is CCNC(CS(=O)CCCOC)c1ccc(C)cc1. The first-order valence-electron chi connectivity index (χ1n) is 6.81. The molecule has 108 valence electrons. The molecule has 0 radical (unpaired) electrons. The van der Waals surface area contributed by atoms with Crippen LogP contribution in [0.3, 0.4) is 0 Å². The number of rotatable bonds is 9. The molecular formula is C15H25NO2S. The number of hydrogen-bond acceptors (Lipinski definition) is 3. The van der Waals surface area contributed by atoms with Gasteiger partial charge in [-0.05, 0) is 25.5 Å². The Bertz CT molecular complexity index is 378. The van der Waals surface area contributed by atoms with Crippen molar-refractivity contribution in [2.24, 2.45) is 0 Å². The molecule has 0 amide bonds. The number of methoxy groups -OCH3 is 1. The minimum absolute atomic E-state index is 0.175. The fourth-order valence-corrected chi connectivity index (χ4v) is 3.24. The van der Waals surface area contributed by atoms with Crippen LogP contribution in [0.15, 0.2) is 24.3 Å². The Balaban J connectivity index is 2.57. The zero-order valence-corrected chi connectivity index (χ0v) is 13.0. The first-order valence-corrected chi connectivity index (χ1v) is 8.30. The zero-order chi connectivity index (χ0) is 14.1. The van der Waals surface area contributed by atoms with Crippen LogP contribution in [0.4, 0.5) is 0 Å². The molecule has 0 aromatic heterocycles. The molecule has 0 saturated heterocycles. The topological polar surface area (TPSA) is 38.3 Å². The highest BCUT2D eigenvalue weighted by Gasteiger charge is 2.13. The largest absolute Gasteiger partial charge is 0.385 e. The van der Waals surface area contributed by atoms with E-state index in [2.05, 4.69) is 43.4 Å². The van der Waals surface area contributed by atoms with Gasteiger partial charge in [-0.25, -0.2) is 0 Å². The van der Waals surface area contributed by atoms with Crippen molar-refractivity contribution < 1.29 is 8.95 Å². The van der Waals surface area contributed by atoms with Crippen molar-refractivity contribution in [2.75, 3.05) is 31.8 Å². The average Bonchev–Trinajstić information content (AvgIpc) is 2.39. The lowest BCUT2D eigenvalue weighted by Gasteiger charge is -2.18. The normalized spacial score (nSPS) is 14.3. The van der Waals surface area contributed by atoms with E-state index >= 15 is 0 Å². The first-order chi connectivity index (χ1) is 9.17. The van der Waals surface area contributed by atoms with Crippen LogP contribution in [0.2, 0.25) is 0 Å². The van der Waals surface area contributed by atoms with Gasteiger partial charge in [0.05, 0.1) is 0 Å². The number of ether oxygens (including phenoxy) is 1. The summed E-state index contributed by atoms with van der Waals surface area (Å²) in [5, 5.41) is 3.42. The second-order valence-electron chi connectivity index (χ2n) is 4.68. The molecule has 0 spiro atoms. The number of hydrogen-bond donors (Lipinski definition) is 1. The van der Waals surface area contributed by atoms with Gasteiger partial charge in [0.15, 0.2) is 0 Å². The third-order valence-electron chi connectivity index (χ3n) is 3.00. The van der Waals surface area contributed by atoms with Crippen LogP contribution < -0.4 is 5.32 Å². The molecular weight excluding hydrogens is 258 g/mol. The summed E-state index contributed by atoms with van der Waals surface area (Å²) in [5.41, 5.74) is 2.47. The molecule has 0 bridgehead atoms. The quantitative estimate of drug-likeness (QED) is 0.707. The molecule has 0 fully saturated rings. The lowest BCUT2D eigenvalue weighted by molar-refractivity contribution is 0.200.